The summed E-state index contributed by atoms with van der Waals surface area (Å²) in [5.74, 6) is 0.623. The fraction of sp³-hybridized carbons (Fsp3) is 0.526. The normalized spacial score (nSPS) is 27.1. The number of esters is 1. The summed E-state index contributed by atoms with van der Waals surface area (Å²) < 4.78 is 22.3. The maximum absolute atomic E-state index is 11.8. The van der Waals surface area contributed by atoms with Crippen LogP contribution in [-0.2, 0) is 19.6 Å². The van der Waals surface area contributed by atoms with Gasteiger partial charge in [-0.15, -0.1) is 6.58 Å². The molecule has 0 N–H and O–H groups in total. The number of rotatable bonds is 2. The quantitative estimate of drug-likeness (QED) is 0.616. The number of carbonyl (C=O) groups excluding carboxylic acids is 1. The van der Waals surface area contributed by atoms with Gasteiger partial charge in [-0.3, -0.25) is 0 Å². The molecule has 2 unspecified atom stereocenters. The van der Waals surface area contributed by atoms with Crippen LogP contribution >= 0.6 is 0 Å². The molecule has 24 heavy (non-hydrogen) atoms. The van der Waals surface area contributed by atoms with Crippen LogP contribution in [0, 0.1) is 5.92 Å². The SMILES string of the molecule is C=CC12CCOCCOCC1CCOc1cc(C(=O)OC)ccc12. The van der Waals surface area contributed by atoms with Crippen LogP contribution in [0.2, 0.25) is 0 Å². The number of benzene rings is 1. The summed E-state index contributed by atoms with van der Waals surface area (Å²) >= 11 is 0. The molecular formula is C19H24O5. The lowest BCUT2D eigenvalue weighted by Gasteiger charge is -2.37. The van der Waals surface area contributed by atoms with Crippen LogP contribution in [0.3, 0.4) is 0 Å². The van der Waals surface area contributed by atoms with Gasteiger partial charge in [0.15, 0.2) is 0 Å². The lowest BCUT2D eigenvalue weighted by Crippen LogP contribution is -2.36. The number of allylic oxidation sites excluding steroid dienone is 1. The Morgan fingerprint density at radius 3 is 2.92 bits per heavy atom. The molecule has 0 aromatic heterocycles. The maximum atomic E-state index is 11.8. The monoisotopic (exact) mass is 332 g/mol. The van der Waals surface area contributed by atoms with Crippen molar-refractivity contribution in [1.82, 2.24) is 0 Å². The van der Waals surface area contributed by atoms with E-state index in [1.807, 2.05) is 12.1 Å². The zero-order valence-corrected chi connectivity index (χ0v) is 14.1. The van der Waals surface area contributed by atoms with Gasteiger partial charge in [-0.25, -0.2) is 4.79 Å². The van der Waals surface area contributed by atoms with Crippen molar-refractivity contribution in [1.29, 1.82) is 0 Å². The molecule has 1 aromatic rings. The predicted molar refractivity (Wildman–Crippen MR) is 89.5 cm³/mol. The molecule has 5 nitrogen and oxygen atoms in total. The van der Waals surface area contributed by atoms with Crippen LogP contribution in [0.4, 0.5) is 0 Å². The first kappa shape index (κ1) is 17.0. The van der Waals surface area contributed by atoms with Crippen molar-refractivity contribution in [2.24, 2.45) is 5.92 Å². The molecule has 130 valence electrons. The zero-order chi connectivity index (χ0) is 17.0. The van der Waals surface area contributed by atoms with Crippen LogP contribution in [0.1, 0.15) is 28.8 Å². The Bertz CT molecular complexity index is 612. The molecule has 0 bridgehead atoms. The molecule has 1 aromatic carbocycles. The van der Waals surface area contributed by atoms with Gasteiger partial charge in [0.05, 0.1) is 39.1 Å². The highest BCUT2D eigenvalue weighted by Gasteiger charge is 2.42. The van der Waals surface area contributed by atoms with E-state index in [1.165, 1.54) is 7.11 Å². The van der Waals surface area contributed by atoms with Crippen molar-refractivity contribution in [2.75, 3.05) is 40.1 Å². The molecule has 0 aliphatic carbocycles. The van der Waals surface area contributed by atoms with Gasteiger partial charge in [-0.05, 0) is 30.9 Å². The van der Waals surface area contributed by atoms with E-state index in [9.17, 15) is 4.79 Å². The molecule has 0 amide bonds. The van der Waals surface area contributed by atoms with Crippen LogP contribution in [0.15, 0.2) is 30.9 Å². The van der Waals surface area contributed by atoms with E-state index in [1.54, 1.807) is 12.1 Å². The Morgan fingerprint density at radius 2 is 2.12 bits per heavy atom. The Hall–Kier alpha value is -1.85. The highest BCUT2D eigenvalue weighted by atomic mass is 16.5. The first-order valence-electron chi connectivity index (χ1n) is 8.36. The Balaban J connectivity index is 2.06. The minimum absolute atomic E-state index is 0.266. The number of fused-ring (bicyclic) bond motifs is 3. The molecule has 2 aliphatic rings. The molecule has 0 spiro atoms. The summed E-state index contributed by atoms with van der Waals surface area (Å²) in [4.78, 5) is 11.8. The third-order valence-corrected chi connectivity index (χ3v) is 5.07. The lowest BCUT2D eigenvalue weighted by atomic mass is 9.67. The van der Waals surface area contributed by atoms with Gasteiger partial charge in [-0.1, -0.05) is 12.1 Å². The Labute approximate surface area is 142 Å². The summed E-state index contributed by atoms with van der Waals surface area (Å²) in [5.41, 5.74) is 1.25. The van der Waals surface area contributed by atoms with Gasteiger partial charge < -0.3 is 18.9 Å². The van der Waals surface area contributed by atoms with E-state index in [0.717, 1.165) is 24.2 Å². The largest absolute Gasteiger partial charge is 0.493 e. The molecule has 1 fully saturated rings. The van der Waals surface area contributed by atoms with Crippen molar-refractivity contribution in [2.45, 2.75) is 18.3 Å². The highest BCUT2D eigenvalue weighted by molar-refractivity contribution is 5.90. The molecule has 5 heteroatoms. The molecule has 2 heterocycles. The number of methoxy groups -OCH3 is 1. The van der Waals surface area contributed by atoms with Gasteiger partial charge in [0, 0.05) is 17.6 Å². The zero-order valence-electron chi connectivity index (χ0n) is 14.1. The molecule has 0 saturated carbocycles. The van der Waals surface area contributed by atoms with Crippen LogP contribution in [0.25, 0.3) is 0 Å². The second-order valence-corrected chi connectivity index (χ2v) is 6.22. The van der Waals surface area contributed by atoms with E-state index in [0.29, 0.717) is 38.6 Å². The smallest absolute Gasteiger partial charge is 0.337 e. The van der Waals surface area contributed by atoms with Gasteiger partial charge in [0.1, 0.15) is 5.75 Å². The van der Waals surface area contributed by atoms with Crippen LogP contribution in [0.5, 0.6) is 5.75 Å². The topological polar surface area (TPSA) is 54.0 Å². The van der Waals surface area contributed by atoms with E-state index in [4.69, 9.17) is 18.9 Å². The second-order valence-electron chi connectivity index (χ2n) is 6.22. The number of carbonyl (C=O) groups is 1. The number of hydrogen-bond donors (Lipinski definition) is 0. The number of hydrogen-bond acceptors (Lipinski definition) is 5. The average molecular weight is 332 g/mol. The Morgan fingerprint density at radius 1 is 1.29 bits per heavy atom. The van der Waals surface area contributed by atoms with E-state index >= 15 is 0 Å². The maximum Gasteiger partial charge on any atom is 0.337 e. The van der Waals surface area contributed by atoms with Crippen molar-refractivity contribution < 1.29 is 23.7 Å². The summed E-state index contributed by atoms with van der Waals surface area (Å²) in [7, 11) is 1.38. The standard InChI is InChI=1S/C19H24O5/c1-3-19-7-9-22-10-11-23-13-15(19)6-8-24-17-12-14(18(20)21-2)4-5-16(17)19/h3-5,12,15H,1,6-11,13H2,2H3. The molecule has 2 atom stereocenters. The summed E-state index contributed by atoms with van der Waals surface area (Å²) in [6.07, 6.45) is 3.69. The minimum atomic E-state index is -0.365. The Kier molecular flexibility index (Phi) is 5.21. The number of ether oxygens (including phenoxy) is 4. The summed E-state index contributed by atoms with van der Waals surface area (Å²) in [6.45, 7) is 7.22. The molecule has 0 radical (unpaired) electrons. The molecule has 1 saturated heterocycles. The van der Waals surface area contributed by atoms with Crippen LogP contribution in [-0.4, -0.2) is 46.1 Å². The summed E-state index contributed by atoms with van der Waals surface area (Å²) in [6, 6.07) is 5.51. The first-order chi connectivity index (χ1) is 11.7. The lowest BCUT2D eigenvalue weighted by molar-refractivity contribution is 0.0445. The molecule has 3 rings (SSSR count). The third kappa shape index (κ3) is 3.06. The van der Waals surface area contributed by atoms with E-state index < -0.39 is 0 Å². The van der Waals surface area contributed by atoms with Crippen molar-refractivity contribution in [3.8, 4) is 5.75 Å². The van der Waals surface area contributed by atoms with Crippen molar-refractivity contribution in [3.63, 3.8) is 0 Å². The molecular weight excluding hydrogens is 308 g/mol. The van der Waals surface area contributed by atoms with Gasteiger partial charge >= 0.3 is 5.97 Å². The van der Waals surface area contributed by atoms with Crippen molar-refractivity contribution in [3.05, 3.63) is 42.0 Å². The molecule has 2 aliphatic heterocycles. The van der Waals surface area contributed by atoms with Gasteiger partial charge in [0.2, 0.25) is 0 Å². The highest BCUT2D eigenvalue weighted by Crippen LogP contribution is 2.46. The third-order valence-electron chi connectivity index (χ3n) is 5.07. The van der Waals surface area contributed by atoms with E-state index in [2.05, 4.69) is 6.58 Å². The van der Waals surface area contributed by atoms with Crippen molar-refractivity contribution >= 4 is 5.97 Å². The van der Waals surface area contributed by atoms with E-state index in [-0.39, 0.29) is 17.3 Å². The second kappa shape index (κ2) is 7.36. The van der Waals surface area contributed by atoms with Gasteiger partial charge in [0.25, 0.3) is 0 Å². The predicted octanol–water partition coefficient (Wildman–Crippen LogP) is 2.73. The average Bonchev–Trinajstić information content (AvgIpc) is 2.68. The minimum Gasteiger partial charge on any atom is -0.493 e. The van der Waals surface area contributed by atoms with Gasteiger partial charge in [-0.2, -0.15) is 0 Å². The fourth-order valence-electron chi connectivity index (χ4n) is 3.70. The summed E-state index contributed by atoms with van der Waals surface area (Å²) in [5, 5.41) is 0. The first-order valence-corrected chi connectivity index (χ1v) is 8.36. The fourth-order valence-corrected chi connectivity index (χ4v) is 3.70. The van der Waals surface area contributed by atoms with Crippen LogP contribution < -0.4 is 4.74 Å².